The Bertz CT molecular complexity index is 713. The van der Waals surface area contributed by atoms with Gasteiger partial charge in [-0.05, 0) is 51.3 Å². The van der Waals surface area contributed by atoms with E-state index in [1.54, 1.807) is 0 Å². The van der Waals surface area contributed by atoms with Gasteiger partial charge in [-0.15, -0.1) is 0 Å². The monoisotopic (exact) mass is 295 g/mol. The van der Waals surface area contributed by atoms with E-state index in [1.807, 2.05) is 50.2 Å². The van der Waals surface area contributed by atoms with E-state index < -0.39 is 0 Å². The number of rotatable bonds is 4. The molecule has 4 heteroatoms. The largest absolute Gasteiger partial charge is 0.318 e. The lowest BCUT2D eigenvalue weighted by Gasteiger charge is -2.11. The zero-order chi connectivity index (χ0) is 15.5. The Morgan fingerprint density at radius 1 is 1.18 bits per heavy atom. The average molecular weight is 295 g/mol. The Morgan fingerprint density at radius 3 is 2.64 bits per heavy atom. The Morgan fingerprint density at radius 2 is 1.95 bits per heavy atom. The van der Waals surface area contributed by atoms with E-state index in [1.165, 1.54) is 0 Å². The highest BCUT2D eigenvalue weighted by molar-refractivity contribution is 5.95. The van der Waals surface area contributed by atoms with Crippen LogP contribution in [-0.2, 0) is 0 Å². The average Bonchev–Trinajstić information content (AvgIpc) is 3.14. The van der Waals surface area contributed by atoms with Gasteiger partial charge in [0, 0.05) is 22.8 Å². The van der Waals surface area contributed by atoms with E-state index in [0.717, 1.165) is 42.0 Å². The number of nitrogens with one attached hydrogen (secondary N) is 2. The van der Waals surface area contributed by atoms with Gasteiger partial charge in [0.15, 0.2) is 0 Å². The number of para-hydroxylation sites is 1. The van der Waals surface area contributed by atoms with Crippen molar-refractivity contribution < 1.29 is 4.79 Å². The number of aromatic nitrogens is 1. The van der Waals surface area contributed by atoms with E-state index >= 15 is 0 Å². The van der Waals surface area contributed by atoms with Crippen LogP contribution in [0, 0.1) is 13.8 Å². The molecule has 0 saturated carbocycles. The molecule has 1 amide bonds. The van der Waals surface area contributed by atoms with Crippen molar-refractivity contribution >= 4 is 5.91 Å². The van der Waals surface area contributed by atoms with Crippen LogP contribution in [0.5, 0.6) is 0 Å². The minimum atomic E-state index is -0.0944. The summed E-state index contributed by atoms with van der Waals surface area (Å²) in [7, 11) is 0. The van der Waals surface area contributed by atoms with Crippen molar-refractivity contribution in [3.63, 3.8) is 0 Å². The molecule has 0 spiro atoms. The quantitative estimate of drug-likeness (QED) is 0.849. The summed E-state index contributed by atoms with van der Waals surface area (Å²) in [5.41, 5.74) is 10.7. The zero-order valence-electron chi connectivity index (χ0n) is 13.0. The molecule has 0 fully saturated rings. The van der Waals surface area contributed by atoms with Gasteiger partial charge in [0.1, 0.15) is 0 Å². The number of nitrogens with zero attached hydrogens (tertiary/aromatic N) is 1. The molecule has 2 aromatic rings. The van der Waals surface area contributed by atoms with Crippen molar-refractivity contribution in [3.8, 4) is 5.69 Å². The van der Waals surface area contributed by atoms with Crippen molar-refractivity contribution in [2.45, 2.75) is 33.1 Å². The SMILES string of the molecule is Cc1cc(C(=O)NNC2=CCCC2)c(C)n1-c1ccccc1. The number of carbonyl (C=O) groups is 1. The summed E-state index contributed by atoms with van der Waals surface area (Å²) in [6, 6.07) is 12.0. The maximum atomic E-state index is 12.4. The second-order valence-electron chi connectivity index (χ2n) is 5.66. The van der Waals surface area contributed by atoms with Crippen LogP contribution in [0.2, 0.25) is 0 Å². The summed E-state index contributed by atoms with van der Waals surface area (Å²) in [5, 5.41) is 0. The van der Waals surface area contributed by atoms with Crippen molar-refractivity contribution in [2.24, 2.45) is 0 Å². The highest BCUT2D eigenvalue weighted by Gasteiger charge is 2.16. The zero-order valence-corrected chi connectivity index (χ0v) is 13.0. The van der Waals surface area contributed by atoms with E-state index in [2.05, 4.69) is 21.5 Å². The number of carbonyl (C=O) groups excluding carboxylic acids is 1. The molecule has 0 unspecified atom stereocenters. The first kappa shape index (κ1) is 14.4. The third kappa shape index (κ3) is 2.77. The van der Waals surface area contributed by atoms with Crippen molar-refractivity contribution in [1.29, 1.82) is 0 Å². The molecule has 1 aliphatic carbocycles. The molecule has 0 saturated heterocycles. The number of hydrogen-bond donors (Lipinski definition) is 2. The summed E-state index contributed by atoms with van der Waals surface area (Å²) in [6.45, 7) is 3.99. The Balaban J connectivity index is 1.81. The fraction of sp³-hybridized carbons (Fsp3) is 0.278. The van der Waals surface area contributed by atoms with Crippen molar-refractivity contribution in [3.05, 3.63) is 65.1 Å². The first-order valence-electron chi connectivity index (χ1n) is 7.66. The van der Waals surface area contributed by atoms with Gasteiger partial charge in [0.25, 0.3) is 5.91 Å². The number of benzene rings is 1. The van der Waals surface area contributed by atoms with Gasteiger partial charge in [-0.25, -0.2) is 0 Å². The molecule has 114 valence electrons. The summed E-state index contributed by atoms with van der Waals surface area (Å²) < 4.78 is 2.10. The van der Waals surface area contributed by atoms with Crippen LogP contribution in [-0.4, -0.2) is 10.5 Å². The molecule has 2 N–H and O–H groups in total. The Hall–Kier alpha value is -2.49. The molecule has 0 bridgehead atoms. The summed E-state index contributed by atoms with van der Waals surface area (Å²) in [5.74, 6) is -0.0944. The molecular formula is C18H21N3O. The predicted molar refractivity (Wildman–Crippen MR) is 87.8 cm³/mol. The van der Waals surface area contributed by atoms with Gasteiger partial charge in [0.05, 0.1) is 5.56 Å². The number of allylic oxidation sites excluding steroid dienone is 2. The van der Waals surface area contributed by atoms with E-state index in [-0.39, 0.29) is 5.91 Å². The molecule has 0 atom stereocenters. The number of hydrazine groups is 1. The molecule has 0 radical (unpaired) electrons. The number of amides is 1. The highest BCUT2D eigenvalue weighted by Crippen LogP contribution is 2.20. The van der Waals surface area contributed by atoms with Gasteiger partial charge in [-0.1, -0.05) is 24.3 Å². The van der Waals surface area contributed by atoms with Gasteiger partial charge in [-0.2, -0.15) is 0 Å². The molecule has 1 heterocycles. The van der Waals surface area contributed by atoms with Crippen LogP contribution in [0.4, 0.5) is 0 Å². The number of aryl methyl sites for hydroxylation is 1. The molecular weight excluding hydrogens is 274 g/mol. The second-order valence-corrected chi connectivity index (χ2v) is 5.66. The molecule has 1 aliphatic rings. The predicted octanol–water partition coefficient (Wildman–Crippen LogP) is 3.40. The molecule has 3 rings (SSSR count). The van der Waals surface area contributed by atoms with Gasteiger partial charge in [-0.3, -0.25) is 10.2 Å². The molecule has 4 nitrogen and oxygen atoms in total. The second kappa shape index (κ2) is 6.10. The maximum absolute atomic E-state index is 12.4. The van der Waals surface area contributed by atoms with Crippen LogP contribution < -0.4 is 10.9 Å². The first-order valence-corrected chi connectivity index (χ1v) is 7.66. The lowest BCUT2D eigenvalue weighted by Crippen LogP contribution is -2.36. The Labute approximate surface area is 130 Å². The molecule has 0 aliphatic heterocycles. The van der Waals surface area contributed by atoms with Crippen LogP contribution in [0.1, 0.15) is 41.0 Å². The summed E-state index contributed by atoms with van der Waals surface area (Å²) >= 11 is 0. The number of hydrogen-bond acceptors (Lipinski definition) is 2. The van der Waals surface area contributed by atoms with Crippen molar-refractivity contribution in [1.82, 2.24) is 15.4 Å². The third-order valence-electron chi connectivity index (χ3n) is 4.07. The van der Waals surface area contributed by atoms with Gasteiger partial charge in [0.2, 0.25) is 0 Å². The van der Waals surface area contributed by atoms with Crippen LogP contribution >= 0.6 is 0 Å². The smallest absolute Gasteiger partial charge is 0.271 e. The summed E-state index contributed by atoms with van der Waals surface area (Å²) in [6.07, 6.45) is 5.37. The standard InChI is InChI=1S/C18H21N3O/c1-13-12-17(18(22)20-19-15-8-6-7-9-15)14(2)21(13)16-10-4-3-5-11-16/h3-5,8,10-12,19H,6-7,9H2,1-2H3,(H,20,22). The van der Waals surface area contributed by atoms with Crippen LogP contribution in [0.25, 0.3) is 5.69 Å². The third-order valence-corrected chi connectivity index (χ3v) is 4.07. The minimum Gasteiger partial charge on any atom is -0.318 e. The highest BCUT2D eigenvalue weighted by atomic mass is 16.2. The van der Waals surface area contributed by atoms with E-state index in [4.69, 9.17) is 0 Å². The lowest BCUT2D eigenvalue weighted by molar-refractivity contribution is 0.0938. The molecule has 1 aromatic heterocycles. The normalized spacial score (nSPS) is 13.8. The van der Waals surface area contributed by atoms with Crippen LogP contribution in [0.15, 0.2) is 48.2 Å². The van der Waals surface area contributed by atoms with E-state index in [0.29, 0.717) is 5.56 Å². The molecule has 22 heavy (non-hydrogen) atoms. The lowest BCUT2D eigenvalue weighted by atomic mass is 10.2. The van der Waals surface area contributed by atoms with E-state index in [9.17, 15) is 4.79 Å². The maximum Gasteiger partial charge on any atom is 0.271 e. The fourth-order valence-electron chi connectivity index (χ4n) is 2.96. The summed E-state index contributed by atoms with van der Waals surface area (Å²) in [4.78, 5) is 12.4. The van der Waals surface area contributed by atoms with Crippen molar-refractivity contribution in [2.75, 3.05) is 0 Å². The molecule has 1 aromatic carbocycles. The van der Waals surface area contributed by atoms with Gasteiger partial charge >= 0.3 is 0 Å². The van der Waals surface area contributed by atoms with Gasteiger partial charge < -0.3 is 9.99 Å². The van der Waals surface area contributed by atoms with Crippen LogP contribution in [0.3, 0.4) is 0 Å². The fourth-order valence-corrected chi connectivity index (χ4v) is 2.96. The first-order chi connectivity index (χ1) is 10.7. The Kier molecular flexibility index (Phi) is 4.00. The minimum absolute atomic E-state index is 0.0944. The topological polar surface area (TPSA) is 46.1 Å².